The zero-order valence-electron chi connectivity index (χ0n) is 15.5. The van der Waals surface area contributed by atoms with Gasteiger partial charge >= 0.3 is 0 Å². The maximum atomic E-state index is 13.4. The summed E-state index contributed by atoms with van der Waals surface area (Å²) in [6.07, 6.45) is 2.28. The topological polar surface area (TPSA) is 122 Å². The molecule has 0 radical (unpaired) electrons. The van der Waals surface area contributed by atoms with Crippen molar-refractivity contribution in [2.75, 3.05) is 6.54 Å². The SMILES string of the molecule is O=C(NCc1cc(F)cc(Cl)c1)C1(O)CCN(C2CCC(NS(=O)[O-])CC2)C1=O. The number of halogens is 2. The second kappa shape index (κ2) is 9.05. The van der Waals surface area contributed by atoms with Crippen LogP contribution in [0.25, 0.3) is 0 Å². The molecule has 2 unspecified atom stereocenters. The minimum atomic E-state index is -2.33. The van der Waals surface area contributed by atoms with E-state index in [1.54, 1.807) is 0 Å². The highest BCUT2D eigenvalue weighted by Crippen LogP contribution is 2.31. The molecule has 3 rings (SSSR count). The summed E-state index contributed by atoms with van der Waals surface area (Å²) in [5.41, 5.74) is -1.75. The molecule has 0 aromatic heterocycles. The largest absolute Gasteiger partial charge is 0.760 e. The zero-order chi connectivity index (χ0) is 21.2. The van der Waals surface area contributed by atoms with Crippen molar-refractivity contribution < 1.29 is 27.8 Å². The number of nitrogens with zero attached hydrogens (tertiary/aromatic N) is 1. The van der Waals surface area contributed by atoms with E-state index in [0.29, 0.717) is 31.2 Å². The third-order valence-corrected chi connectivity index (χ3v) is 6.22. The van der Waals surface area contributed by atoms with Gasteiger partial charge in [0, 0.05) is 47.9 Å². The Hall–Kier alpha value is -1.59. The van der Waals surface area contributed by atoms with Gasteiger partial charge in [0.2, 0.25) is 5.60 Å². The van der Waals surface area contributed by atoms with Gasteiger partial charge in [0.25, 0.3) is 11.8 Å². The molecule has 2 atom stereocenters. The monoisotopic (exact) mass is 446 g/mol. The van der Waals surface area contributed by atoms with Crippen LogP contribution in [-0.4, -0.2) is 54.8 Å². The smallest absolute Gasteiger partial charge is 0.264 e. The van der Waals surface area contributed by atoms with Crippen molar-refractivity contribution >= 4 is 34.7 Å². The summed E-state index contributed by atoms with van der Waals surface area (Å²) >= 11 is 3.46. The van der Waals surface area contributed by atoms with Crippen molar-refractivity contribution in [3.8, 4) is 0 Å². The number of likely N-dealkylation sites (tertiary alicyclic amines) is 1. The molecule has 8 nitrogen and oxygen atoms in total. The maximum absolute atomic E-state index is 13.4. The highest BCUT2D eigenvalue weighted by molar-refractivity contribution is 7.77. The molecule has 2 aliphatic rings. The Balaban J connectivity index is 1.57. The van der Waals surface area contributed by atoms with E-state index in [1.807, 2.05) is 0 Å². The van der Waals surface area contributed by atoms with Gasteiger partial charge in [-0.05, 0) is 49.4 Å². The first kappa shape index (κ1) is 22.1. The Morgan fingerprint density at radius 2 is 2.03 bits per heavy atom. The molecule has 0 spiro atoms. The second-order valence-corrected chi connectivity index (χ2v) is 8.57. The Kier molecular flexibility index (Phi) is 6.90. The molecule has 160 valence electrons. The lowest BCUT2D eigenvalue weighted by molar-refractivity contribution is -0.155. The van der Waals surface area contributed by atoms with Crippen molar-refractivity contribution in [2.45, 2.75) is 56.3 Å². The first-order valence-electron chi connectivity index (χ1n) is 9.31. The van der Waals surface area contributed by atoms with Crippen LogP contribution in [0.15, 0.2) is 18.2 Å². The van der Waals surface area contributed by atoms with E-state index in [-0.39, 0.29) is 36.6 Å². The minimum Gasteiger partial charge on any atom is -0.760 e. The van der Waals surface area contributed by atoms with Crippen LogP contribution in [0.5, 0.6) is 0 Å². The zero-order valence-corrected chi connectivity index (χ0v) is 17.1. The average molecular weight is 447 g/mol. The Bertz CT molecular complexity index is 800. The molecule has 1 heterocycles. The Morgan fingerprint density at radius 3 is 2.66 bits per heavy atom. The quantitative estimate of drug-likeness (QED) is 0.440. The van der Waals surface area contributed by atoms with Crippen LogP contribution < -0.4 is 10.0 Å². The molecule has 0 bridgehead atoms. The molecule has 3 N–H and O–H groups in total. The minimum absolute atomic E-state index is 0.0374. The number of nitrogens with one attached hydrogen (secondary N) is 2. The van der Waals surface area contributed by atoms with E-state index in [1.165, 1.54) is 17.0 Å². The molecular formula is C18H22ClFN3O5S-. The van der Waals surface area contributed by atoms with Crippen LogP contribution in [-0.2, 0) is 27.4 Å². The average Bonchev–Trinajstić information content (AvgIpc) is 2.95. The van der Waals surface area contributed by atoms with Crippen molar-refractivity contribution in [1.29, 1.82) is 0 Å². The highest BCUT2D eigenvalue weighted by Gasteiger charge is 2.52. The molecular weight excluding hydrogens is 425 g/mol. The van der Waals surface area contributed by atoms with Crippen molar-refractivity contribution in [3.63, 3.8) is 0 Å². The number of benzene rings is 1. The summed E-state index contributed by atoms with van der Waals surface area (Å²) in [4.78, 5) is 26.8. The molecule has 1 saturated carbocycles. The van der Waals surface area contributed by atoms with E-state index in [0.717, 1.165) is 6.07 Å². The van der Waals surface area contributed by atoms with E-state index in [4.69, 9.17) is 11.6 Å². The first-order chi connectivity index (χ1) is 13.7. The molecule has 1 aliphatic heterocycles. The van der Waals surface area contributed by atoms with Gasteiger partial charge in [-0.25, -0.2) is 9.11 Å². The third-order valence-electron chi connectivity index (χ3n) is 5.48. The van der Waals surface area contributed by atoms with Gasteiger partial charge in [-0.2, -0.15) is 0 Å². The number of aliphatic hydroxyl groups is 1. The summed E-state index contributed by atoms with van der Waals surface area (Å²) in [7, 11) is 0. The molecule has 1 aromatic carbocycles. The number of hydrogen-bond acceptors (Lipinski definition) is 5. The Morgan fingerprint density at radius 1 is 1.34 bits per heavy atom. The summed E-state index contributed by atoms with van der Waals surface area (Å²) in [6, 6.07) is 3.52. The van der Waals surface area contributed by atoms with Crippen molar-refractivity contribution in [1.82, 2.24) is 14.9 Å². The molecule has 11 heteroatoms. The lowest BCUT2D eigenvalue weighted by Crippen LogP contribution is -2.54. The predicted molar refractivity (Wildman–Crippen MR) is 103 cm³/mol. The van der Waals surface area contributed by atoms with Crippen molar-refractivity contribution in [2.24, 2.45) is 0 Å². The molecule has 2 amide bonds. The number of hydrogen-bond donors (Lipinski definition) is 3. The predicted octanol–water partition coefficient (Wildman–Crippen LogP) is 0.754. The molecule has 29 heavy (non-hydrogen) atoms. The fourth-order valence-corrected chi connectivity index (χ4v) is 4.72. The standard InChI is InChI=1S/C18H23ClFN3O5S/c19-12-7-11(8-13(20)9-12)10-21-16(24)18(26)5-6-23(17(18)25)15-3-1-14(2-4-15)22-29(27)28/h7-9,14-15,22,26H,1-6,10H2,(H,21,24)(H,27,28)/p-1. The van der Waals surface area contributed by atoms with Gasteiger partial charge in [0.1, 0.15) is 5.82 Å². The highest BCUT2D eigenvalue weighted by atomic mass is 35.5. The number of carbonyl (C=O) groups is 2. The van der Waals surface area contributed by atoms with Crippen LogP contribution >= 0.6 is 11.6 Å². The van der Waals surface area contributed by atoms with E-state index in [2.05, 4.69) is 10.0 Å². The van der Waals surface area contributed by atoms with E-state index < -0.39 is 34.5 Å². The number of carbonyl (C=O) groups excluding carboxylic acids is 2. The molecule has 1 saturated heterocycles. The number of rotatable bonds is 6. The first-order valence-corrected chi connectivity index (χ1v) is 10.8. The third kappa shape index (κ3) is 5.13. The lowest BCUT2D eigenvalue weighted by Gasteiger charge is -2.35. The maximum Gasteiger partial charge on any atom is 0.264 e. The fourth-order valence-electron chi connectivity index (χ4n) is 3.97. The molecule has 1 aliphatic carbocycles. The number of amides is 2. The van der Waals surface area contributed by atoms with Crippen LogP contribution in [0.3, 0.4) is 0 Å². The lowest BCUT2D eigenvalue weighted by atomic mass is 9.90. The van der Waals surface area contributed by atoms with Crippen LogP contribution in [0.4, 0.5) is 4.39 Å². The Labute approximate surface area is 175 Å². The summed E-state index contributed by atoms with van der Waals surface area (Å²) < 4.78 is 37.3. The van der Waals surface area contributed by atoms with Gasteiger partial charge in [-0.1, -0.05) is 11.6 Å². The fraction of sp³-hybridized carbons (Fsp3) is 0.556. The van der Waals surface area contributed by atoms with Gasteiger partial charge in [0.15, 0.2) is 0 Å². The molecule has 1 aromatic rings. The van der Waals surface area contributed by atoms with Gasteiger partial charge in [0.05, 0.1) is 0 Å². The van der Waals surface area contributed by atoms with Crippen LogP contribution in [0.2, 0.25) is 5.02 Å². The van der Waals surface area contributed by atoms with Crippen molar-refractivity contribution in [3.05, 3.63) is 34.6 Å². The van der Waals surface area contributed by atoms with Gasteiger partial charge in [-0.3, -0.25) is 13.8 Å². The second-order valence-electron chi connectivity index (χ2n) is 7.43. The summed E-state index contributed by atoms with van der Waals surface area (Å²) in [6.45, 7) is 0.166. The summed E-state index contributed by atoms with van der Waals surface area (Å²) in [5.74, 6) is -2.03. The van der Waals surface area contributed by atoms with Crippen LogP contribution in [0.1, 0.15) is 37.7 Å². The van der Waals surface area contributed by atoms with Gasteiger partial charge in [-0.15, -0.1) is 0 Å². The summed E-state index contributed by atoms with van der Waals surface area (Å²) in [5, 5.41) is 13.4. The van der Waals surface area contributed by atoms with Gasteiger partial charge < -0.3 is 19.9 Å². The molecule has 2 fully saturated rings. The van der Waals surface area contributed by atoms with Crippen LogP contribution in [0, 0.1) is 5.82 Å². The van der Waals surface area contributed by atoms with E-state index in [9.17, 15) is 27.8 Å². The normalized spacial score (nSPS) is 28.4. The van der Waals surface area contributed by atoms with E-state index >= 15 is 0 Å².